The average Bonchev–Trinajstić information content (AvgIpc) is 3.52. The predicted octanol–water partition coefficient (Wildman–Crippen LogP) is 5.26. The number of aliphatic hydroxyl groups is 1. The number of halogens is 3. The number of benzene rings is 2. The number of aromatic nitrogens is 3. The quantitative estimate of drug-likeness (QED) is 0.360. The maximum Gasteiger partial charge on any atom is 0.422 e. The zero-order chi connectivity index (χ0) is 25.6. The molecule has 2 aliphatic rings. The number of nitrogens with zero attached hydrogens (tertiary/aromatic N) is 3. The third-order valence-corrected chi connectivity index (χ3v) is 6.93. The van der Waals surface area contributed by atoms with Gasteiger partial charge in [0.2, 0.25) is 11.6 Å². The fourth-order valence-electron chi connectivity index (χ4n) is 4.64. The third-order valence-electron chi connectivity index (χ3n) is 6.93. The van der Waals surface area contributed by atoms with Gasteiger partial charge in [-0.1, -0.05) is 59.2 Å². The summed E-state index contributed by atoms with van der Waals surface area (Å²) in [5.74, 6) is 0.0485. The maximum atomic E-state index is 14.0. The fourth-order valence-corrected chi connectivity index (χ4v) is 4.64. The molecule has 0 unspecified atom stereocenters. The second-order valence-electron chi connectivity index (χ2n) is 9.34. The molecule has 0 saturated heterocycles. The van der Waals surface area contributed by atoms with Gasteiger partial charge < -0.3 is 24.2 Å². The molecule has 11 heteroatoms. The number of rotatable bonds is 6. The van der Waals surface area contributed by atoms with E-state index in [0.717, 1.165) is 6.54 Å². The molecule has 192 valence electrons. The Morgan fingerprint density at radius 2 is 1.81 bits per heavy atom. The van der Waals surface area contributed by atoms with E-state index in [4.69, 9.17) is 13.8 Å². The molecular weight excluding hydrogens is 489 g/mol. The zero-order valence-electron chi connectivity index (χ0n) is 19.5. The molecule has 2 aromatic carbocycles. The first-order valence-electron chi connectivity index (χ1n) is 12.0. The van der Waals surface area contributed by atoms with E-state index in [-0.39, 0.29) is 29.7 Å². The highest BCUT2D eigenvalue weighted by Crippen LogP contribution is 2.43. The van der Waals surface area contributed by atoms with Gasteiger partial charge >= 0.3 is 6.18 Å². The second-order valence-corrected chi connectivity index (χ2v) is 9.34. The molecule has 0 radical (unpaired) electrons. The van der Waals surface area contributed by atoms with Crippen LogP contribution < -0.4 is 10.1 Å². The van der Waals surface area contributed by atoms with Crippen molar-refractivity contribution in [1.82, 2.24) is 20.6 Å². The Morgan fingerprint density at radius 1 is 1.00 bits per heavy atom. The highest BCUT2D eigenvalue weighted by molar-refractivity contribution is 5.71. The normalized spacial score (nSPS) is 19.8. The van der Waals surface area contributed by atoms with Gasteiger partial charge in [0.05, 0.1) is 6.04 Å². The largest absolute Gasteiger partial charge is 0.491 e. The van der Waals surface area contributed by atoms with Crippen LogP contribution in [0.15, 0.2) is 57.6 Å². The zero-order valence-corrected chi connectivity index (χ0v) is 19.5. The van der Waals surface area contributed by atoms with Crippen LogP contribution in [0.25, 0.3) is 34.3 Å². The van der Waals surface area contributed by atoms with E-state index in [1.165, 1.54) is 31.4 Å². The van der Waals surface area contributed by atoms with Gasteiger partial charge in [-0.25, -0.2) is 0 Å². The molecule has 4 aromatic rings. The fraction of sp³-hybridized carbons (Fsp3) is 0.346. The summed E-state index contributed by atoms with van der Waals surface area (Å²) in [5, 5.41) is 21.7. The maximum absolute atomic E-state index is 14.0. The van der Waals surface area contributed by atoms with Crippen LogP contribution in [0.3, 0.4) is 0 Å². The highest BCUT2D eigenvalue weighted by atomic mass is 19.4. The van der Waals surface area contributed by atoms with Crippen LogP contribution in [0, 0.1) is 5.92 Å². The first kappa shape index (κ1) is 23.7. The summed E-state index contributed by atoms with van der Waals surface area (Å²) in [6, 6.07) is 12.7. The van der Waals surface area contributed by atoms with Crippen LogP contribution in [0.2, 0.25) is 0 Å². The third kappa shape index (κ3) is 4.49. The Morgan fingerprint density at radius 3 is 2.54 bits per heavy atom. The van der Waals surface area contributed by atoms with Crippen molar-refractivity contribution in [2.24, 2.45) is 5.92 Å². The number of fused-ring (bicyclic) bond motifs is 1. The van der Waals surface area contributed by atoms with Crippen molar-refractivity contribution in [2.45, 2.75) is 37.6 Å². The Bertz CT molecular complexity index is 1400. The van der Waals surface area contributed by atoms with Crippen molar-refractivity contribution in [3.8, 4) is 40.0 Å². The number of hydrogen-bond acceptors (Lipinski definition) is 8. The van der Waals surface area contributed by atoms with Gasteiger partial charge in [0, 0.05) is 16.7 Å². The van der Waals surface area contributed by atoms with Crippen molar-refractivity contribution in [2.75, 3.05) is 13.2 Å². The first-order chi connectivity index (χ1) is 17.9. The molecule has 1 aliphatic heterocycles. The van der Waals surface area contributed by atoms with Gasteiger partial charge in [-0.15, -0.1) is 0 Å². The van der Waals surface area contributed by atoms with Crippen molar-refractivity contribution < 1.29 is 32.1 Å². The summed E-state index contributed by atoms with van der Waals surface area (Å²) in [6.07, 6.45) is -1.86. The molecule has 37 heavy (non-hydrogen) atoms. The topological polar surface area (TPSA) is 106 Å². The second kappa shape index (κ2) is 9.31. The molecule has 2 atom stereocenters. The SMILES string of the molecule is O[C@@H]1c2ccc(-c3noc(-c4onc(-c5ccccc5)c4C(F)(F)F)n3)cc2OC[C@@H]1NCC1CCC1. The predicted molar refractivity (Wildman–Crippen MR) is 125 cm³/mol. The summed E-state index contributed by atoms with van der Waals surface area (Å²) < 4.78 is 58.0. The number of hydrogen-bond donors (Lipinski definition) is 2. The summed E-state index contributed by atoms with van der Waals surface area (Å²) >= 11 is 0. The summed E-state index contributed by atoms with van der Waals surface area (Å²) in [7, 11) is 0. The van der Waals surface area contributed by atoms with E-state index < -0.39 is 29.5 Å². The minimum absolute atomic E-state index is 0.0481. The molecule has 6 rings (SSSR count). The molecule has 2 N–H and O–H groups in total. The molecule has 0 amide bonds. The van der Waals surface area contributed by atoms with Crippen LogP contribution in [0.5, 0.6) is 5.75 Å². The smallest absolute Gasteiger partial charge is 0.422 e. The van der Waals surface area contributed by atoms with E-state index in [0.29, 0.717) is 22.8 Å². The lowest BCUT2D eigenvalue weighted by Gasteiger charge is -2.34. The van der Waals surface area contributed by atoms with E-state index in [1.807, 2.05) is 0 Å². The van der Waals surface area contributed by atoms with Crippen molar-refractivity contribution in [1.29, 1.82) is 0 Å². The van der Waals surface area contributed by atoms with Gasteiger partial charge in [-0.05, 0) is 31.4 Å². The van der Waals surface area contributed by atoms with Crippen LogP contribution >= 0.6 is 0 Å². The Balaban J connectivity index is 1.26. The number of ether oxygens (including phenoxy) is 1. The van der Waals surface area contributed by atoms with Crippen LogP contribution in [0.1, 0.15) is 36.5 Å². The highest BCUT2D eigenvalue weighted by Gasteiger charge is 2.43. The molecule has 1 saturated carbocycles. The minimum Gasteiger partial charge on any atom is -0.491 e. The molecule has 0 spiro atoms. The van der Waals surface area contributed by atoms with E-state index >= 15 is 0 Å². The van der Waals surface area contributed by atoms with Crippen LogP contribution in [-0.4, -0.2) is 39.6 Å². The molecular formula is C26H23F3N4O4. The van der Waals surface area contributed by atoms with Crippen LogP contribution in [0.4, 0.5) is 13.2 Å². The van der Waals surface area contributed by atoms with Crippen molar-refractivity contribution >= 4 is 0 Å². The van der Waals surface area contributed by atoms with Gasteiger partial charge in [0.15, 0.2) is 0 Å². The van der Waals surface area contributed by atoms with E-state index in [1.54, 1.807) is 36.4 Å². The Kier molecular flexibility index (Phi) is 5.96. The standard InChI is InChI=1S/C26H23F3N4O4/c27-26(28,29)20-21(15-7-2-1-3-8-15)32-36-23(20)25-31-24(33-37-25)16-9-10-17-19(11-16)35-13-18(22(17)34)30-12-14-5-4-6-14/h1-3,7-11,14,18,22,30,34H,4-6,12-13H2/t18-,22+/m0/s1. The van der Waals surface area contributed by atoms with E-state index in [2.05, 4.69) is 20.6 Å². The molecule has 0 bridgehead atoms. The van der Waals surface area contributed by atoms with Gasteiger partial charge in [-0.2, -0.15) is 18.2 Å². The number of alkyl halides is 3. The van der Waals surface area contributed by atoms with Crippen LogP contribution in [-0.2, 0) is 6.18 Å². The number of aliphatic hydroxyl groups excluding tert-OH is 1. The Labute approximate surface area is 209 Å². The summed E-state index contributed by atoms with van der Waals surface area (Å²) in [5.41, 5.74) is -0.133. The Hall–Kier alpha value is -3.70. The summed E-state index contributed by atoms with van der Waals surface area (Å²) in [6.45, 7) is 1.13. The van der Waals surface area contributed by atoms with Gasteiger partial charge in [0.1, 0.15) is 29.7 Å². The molecule has 1 fully saturated rings. The van der Waals surface area contributed by atoms with Gasteiger partial charge in [0.25, 0.3) is 5.89 Å². The molecule has 8 nitrogen and oxygen atoms in total. The first-order valence-corrected chi connectivity index (χ1v) is 12.0. The minimum atomic E-state index is -4.77. The van der Waals surface area contributed by atoms with E-state index in [9.17, 15) is 18.3 Å². The average molecular weight is 512 g/mol. The van der Waals surface area contributed by atoms with Crippen molar-refractivity contribution in [3.63, 3.8) is 0 Å². The lowest BCUT2D eigenvalue weighted by Crippen LogP contribution is -2.45. The lowest BCUT2D eigenvalue weighted by molar-refractivity contribution is -0.136. The van der Waals surface area contributed by atoms with Gasteiger partial charge in [-0.3, -0.25) is 0 Å². The number of nitrogens with one attached hydrogen (secondary N) is 1. The van der Waals surface area contributed by atoms with Crippen molar-refractivity contribution in [3.05, 3.63) is 59.7 Å². The lowest BCUT2D eigenvalue weighted by atomic mass is 9.85. The summed E-state index contributed by atoms with van der Waals surface area (Å²) in [4.78, 5) is 4.14. The molecule has 1 aliphatic carbocycles. The monoisotopic (exact) mass is 512 g/mol. The molecule has 3 heterocycles. The molecule has 2 aromatic heterocycles.